The molecule has 3 atom stereocenters. The maximum Gasteiger partial charge on any atom is 0.337 e. The van der Waals surface area contributed by atoms with Crippen LogP contribution in [0, 0.1) is 12.7 Å². The zero-order chi connectivity index (χ0) is 32.3. The average Bonchev–Trinajstić information content (AvgIpc) is 3.65. The molecule has 3 aliphatic heterocycles. The number of esters is 1. The van der Waals surface area contributed by atoms with Gasteiger partial charge in [-0.3, -0.25) is 9.69 Å². The SMILES string of the molecule is CCOC(=O)C1=C(C(=O)Nc2ccc(C)c(F)c2)C2C=CC1(C(Nc1cccc(OC)c1)c1ccc(CN3CCOCC3)cc1)O2. The Bertz CT molecular complexity index is 1670. The van der Waals surface area contributed by atoms with Crippen LogP contribution in [0.25, 0.3) is 0 Å². The van der Waals surface area contributed by atoms with E-state index in [2.05, 4.69) is 27.7 Å². The predicted octanol–water partition coefficient (Wildman–Crippen LogP) is 5.33. The Balaban J connectivity index is 1.41. The van der Waals surface area contributed by atoms with Crippen LogP contribution in [-0.2, 0) is 30.3 Å². The topological polar surface area (TPSA) is 98.4 Å². The molecular formula is C36H38FN3O6. The van der Waals surface area contributed by atoms with E-state index in [0.717, 1.165) is 49.7 Å². The molecule has 0 radical (unpaired) electrons. The van der Waals surface area contributed by atoms with Crippen molar-refractivity contribution in [3.05, 3.63) is 113 Å². The molecule has 46 heavy (non-hydrogen) atoms. The molecule has 240 valence electrons. The van der Waals surface area contributed by atoms with Gasteiger partial charge in [0.1, 0.15) is 23.3 Å². The number of amides is 1. The van der Waals surface area contributed by atoms with Gasteiger partial charge in [-0.2, -0.15) is 0 Å². The lowest BCUT2D eigenvalue weighted by Crippen LogP contribution is -2.42. The lowest BCUT2D eigenvalue weighted by molar-refractivity contribution is -0.140. The van der Waals surface area contributed by atoms with Gasteiger partial charge in [-0.05, 0) is 60.9 Å². The number of anilines is 2. The summed E-state index contributed by atoms with van der Waals surface area (Å²) in [6.07, 6.45) is 2.79. The van der Waals surface area contributed by atoms with Gasteiger partial charge in [0.15, 0.2) is 0 Å². The van der Waals surface area contributed by atoms with Gasteiger partial charge in [-0.15, -0.1) is 0 Å². The highest BCUT2D eigenvalue weighted by Crippen LogP contribution is 2.52. The van der Waals surface area contributed by atoms with E-state index in [9.17, 15) is 14.0 Å². The van der Waals surface area contributed by atoms with Gasteiger partial charge in [0, 0.05) is 37.1 Å². The Kier molecular flexibility index (Phi) is 9.21. The summed E-state index contributed by atoms with van der Waals surface area (Å²) >= 11 is 0. The molecule has 6 rings (SSSR count). The number of rotatable bonds is 11. The molecule has 3 aliphatic rings. The number of methoxy groups -OCH3 is 1. The molecule has 3 unspecified atom stereocenters. The van der Waals surface area contributed by atoms with E-state index >= 15 is 0 Å². The molecule has 2 N–H and O–H groups in total. The lowest BCUT2D eigenvalue weighted by Gasteiger charge is -2.36. The predicted molar refractivity (Wildman–Crippen MR) is 172 cm³/mol. The largest absolute Gasteiger partial charge is 0.497 e. The van der Waals surface area contributed by atoms with Crippen molar-refractivity contribution in [3.8, 4) is 5.75 Å². The maximum absolute atomic E-state index is 14.3. The summed E-state index contributed by atoms with van der Waals surface area (Å²) in [4.78, 5) is 30.0. The number of halogens is 1. The molecule has 1 saturated heterocycles. The number of ether oxygens (including phenoxy) is 4. The highest BCUT2D eigenvalue weighted by molar-refractivity contribution is 6.12. The van der Waals surface area contributed by atoms with Crippen molar-refractivity contribution in [2.75, 3.05) is 50.7 Å². The van der Waals surface area contributed by atoms with Gasteiger partial charge < -0.3 is 29.6 Å². The van der Waals surface area contributed by atoms with E-state index in [1.54, 1.807) is 39.2 Å². The van der Waals surface area contributed by atoms with Crippen molar-refractivity contribution >= 4 is 23.3 Å². The van der Waals surface area contributed by atoms with E-state index < -0.39 is 35.4 Å². The fourth-order valence-electron chi connectivity index (χ4n) is 6.21. The number of hydrogen-bond donors (Lipinski definition) is 2. The second-order valence-electron chi connectivity index (χ2n) is 11.6. The summed E-state index contributed by atoms with van der Waals surface area (Å²) in [5.41, 5.74) is 2.27. The van der Waals surface area contributed by atoms with Crippen LogP contribution in [0.4, 0.5) is 15.8 Å². The summed E-state index contributed by atoms with van der Waals surface area (Å²) in [5, 5.41) is 6.34. The van der Waals surface area contributed by atoms with Crippen molar-refractivity contribution in [1.29, 1.82) is 0 Å². The molecule has 1 amide bonds. The van der Waals surface area contributed by atoms with Crippen LogP contribution in [-0.4, -0.2) is 68.5 Å². The zero-order valence-corrected chi connectivity index (χ0v) is 26.2. The molecule has 9 nitrogen and oxygen atoms in total. The third-order valence-electron chi connectivity index (χ3n) is 8.57. The first kappa shape index (κ1) is 31.5. The van der Waals surface area contributed by atoms with Crippen molar-refractivity contribution < 1.29 is 32.9 Å². The minimum atomic E-state index is -1.39. The van der Waals surface area contributed by atoms with E-state index in [0.29, 0.717) is 11.3 Å². The summed E-state index contributed by atoms with van der Waals surface area (Å²) in [6.45, 7) is 7.44. The van der Waals surface area contributed by atoms with Crippen molar-refractivity contribution in [2.24, 2.45) is 0 Å². The molecule has 3 heterocycles. The number of morpholine rings is 1. The van der Waals surface area contributed by atoms with Crippen LogP contribution in [0.1, 0.15) is 29.7 Å². The number of fused-ring (bicyclic) bond motifs is 2. The second kappa shape index (κ2) is 13.5. The molecule has 2 bridgehead atoms. The Morgan fingerprint density at radius 1 is 1.07 bits per heavy atom. The van der Waals surface area contributed by atoms with Crippen LogP contribution < -0.4 is 15.4 Å². The van der Waals surface area contributed by atoms with Gasteiger partial charge in [-0.1, -0.05) is 42.5 Å². The first-order chi connectivity index (χ1) is 22.3. The minimum Gasteiger partial charge on any atom is -0.497 e. The summed E-state index contributed by atoms with van der Waals surface area (Å²) in [7, 11) is 1.60. The van der Waals surface area contributed by atoms with Crippen molar-refractivity contribution in [3.63, 3.8) is 0 Å². The lowest BCUT2D eigenvalue weighted by atomic mass is 9.78. The minimum absolute atomic E-state index is 0.102. The zero-order valence-electron chi connectivity index (χ0n) is 26.2. The number of carbonyl (C=O) groups is 2. The number of carbonyl (C=O) groups excluding carboxylic acids is 2. The van der Waals surface area contributed by atoms with Gasteiger partial charge >= 0.3 is 5.97 Å². The average molecular weight is 628 g/mol. The quantitative estimate of drug-likeness (QED) is 0.218. The molecule has 0 spiro atoms. The fraction of sp³-hybridized carbons (Fsp3) is 0.333. The normalized spacial score (nSPS) is 21.3. The molecule has 1 fully saturated rings. The molecule has 10 heteroatoms. The van der Waals surface area contributed by atoms with Crippen LogP contribution >= 0.6 is 0 Å². The summed E-state index contributed by atoms with van der Waals surface area (Å²) in [5.74, 6) is -1.02. The number of nitrogens with zero attached hydrogens (tertiary/aromatic N) is 1. The molecule has 0 aromatic heterocycles. The van der Waals surface area contributed by atoms with Crippen LogP contribution in [0.2, 0.25) is 0 Å². The molecular weight excluding hydrogens is 589 g/mol. The van der Waals surface area contributed by atoms with Gasteiger partial charge in [0.2, 0.25) is 0 Å². The smallest absolute Gasteiger partial charge is 0.337 e. The van der Waals surface area contributed by atoms with Crippen LogP contribution in [0.15, 0.2) is 90.0 Å². The molecule has 0 saturated carbocycles. The standard InChI is InChI=1S/C36H38FN3O6/c1-4-45-35(42)32-31(34(41)39-27-13-8-23(2)29(37)21-27)30-14-15-36(32,46-30)33(38-26-6-5-7-28(20-26)43-3)25-11-9-24(10-12-25)22-40-16-18-44-19-17-40/h5-15,20-21,30,33,38H,4,16-19,22H2,1-3H3,(H,39,41). The van der Waals surface area contributed by atoms with Gasteiger partial charge in [0.05, 0.1) is 44.1 Å². The summed E-state index contributed by atoms with van der Waals surface area (Å²) < 4.78 is 37.4. The molecule has 3 aromatic carbocycles. The highest BCUT2D eigenvalue weighted by atomic mass is 19.1. The van der Waals surface area contributed by atoms with Gasteiger partial charge in [0.25, 0.3) is 5.91 Å². The van der Waals surface area contributed by atoms with E-state index in [1.807, 2.05) is 42.5 Å². The van der Waals surface area contributed by atoms with Crippen molar-refractivity contribution in [1.82, 2.24) is 4.90 Å². The first-order valence-electron chi connectivity index (χ1n) is 15.5. The van der Waals surface area contributed by atoms with E-state index in [-0.39, 0.29) is 23.4 Å². The fourth-order valence-corrected chi connectivity index (χ4v) is 6.21. The first-order valence-corrected chi connectivity index (χ1v) is 15.5. The third kappa shape index (κ3) is 6.28. The van der Waals surface area contributed by atoms with Crippen molar-refractivity contribution in [2.45, 2.75) is 38.1 Å². The maximum atomic E-state index is 14.3. The highest BCUT2D eigenvalue weighted by Gasteiger charge is 2.58. The van der Waals surface area contributed by atoms with E-state index in [4.69, 9.17) is 18.9 Å². The Morgan fingerprint density at radius 2 is 1.85 bits per heavy atom. The monoisotopic (exact) mass is 627 g/mol. The Morgan fingerprint density at radius 3 is 2.57 bits per heavy atom. The number of aryl methyl sites for hydroxylation is 1. The molecule has 3 aromatic rings. The number of nitrogens with one attached hydrogen (secondary N) is 2. The van der Waals surface area contributed by atoms with Crippen LogP contribution in [0.3, 0.4) is 0 Å². The van der Waals surface area contributed by atoms with E-state index in [1.165, 1.54) is 6.07 Å². The Hall–Kier alpha value is -4.51. The third-order valence-corrected chi connectivity index (χ3v) is 8.57. The van der Waals surface area contributed by atoms with Crippen LogP contribution in [0.5, 0.6) is 5.75 Å². The number of benzene rings is 3. The Labute approximate surface area is 268 Å². The van der Waals surface area contributed by atoms with Gasteiger partial charge in [-0.25, -0.2) is 9.18 Å². The summed E-state index contributed by atoms with van der Waals surface area (Å²) in [6, 6.07) is 19.4. The number of hydrogen-bond acceptors (Lipinski definition) is 8. The molecule has 0 aliphatic carbocycles. The second-order valence-corrected chi connectivity index (χ2v) is 11.6.